The summed E-state index contributed by atoms with van der Waals surface area (Å²) in [6.45, 7) is 3.94. The number of carbonyl (C=O) groups is 2. The van der Waals surface area contributed by atoms with Gasteiger partial charge < -0.3 is 9.47 Å². The lowest BCUT2D eigenvalue weighted by Gasteiger charge is -2.36. The molecule has 126 valence electrons. The van der Waals surface area contributed by atoms with Crippen LogP contribution in [0.25, 0.3) is 0 Å². The second-order valence-electron chi connectivity index (χ2n) is 5.77. The number of hydrogen-bond acceptors (Lipinski definition) is 4. The molecule has 0 aromatic heterocycles. The van der Waals surface area contributed by atoms with Gasteiger partial charge in [0, 0.05) is 17.2 Å². The van der Waals surface area contributed by atoms with Crippen LogP contribution in [0.1, 0.15) is 17.0 Å². The summed E-state index contributed by atoms with van der Waals surface area (Å²) in [5, 5.41) is 0. The maximum atomic E-state index is 12.3. The Hall–Kier alpha value is -3.14. The van der Waals surface area contributed by atoms with Crippen molar-refractivity contribution in [3.63, 3.8) is 0 Å². The molecule has 3 rings (SSSR count). The van der Waals surface area contributed by atoms with E-state index >= 15 is 0 Å². The molecule has 4 heteroatoms. The van der Waals surface area contributed by atoms with Crippen LogP contribution in [0.15, 0.2) is 85.0 Å². The van der Waals surface area contributed by atoms with Crippen LogP contribution in [-0.4, -0.2) is 19.0 Å². The van der Waals surface area contributed by atoms with Crippen molar-refractivity contribution >= 4 is 11.9 Å². The summed E-state index contributed by atoms with van der Waals surface area (Å²) in [5.41, 5.74) is 0.638. The fourth-order valence-electron chi connectivity index (χ4n) is 3.20. The number of methoxy groups -OCH3 is 1. The van der Waals surface area contributed by atoms with Crippen molar-refractivity contribution in [3.05, 3.63) is 96.1 Å². The summed E-state index contributed by atoms with van der Waals surface area (Å²) in [6, 6.07) is 18.7. The topological polar surface area (TPSA) is 52.6 Å². The molecule has 0 spiro atoms. The Morgan fingerprint density at radius 3 is 2.20 bits per heavy atom. The number of esters is 2. The van der Waals surface area contributed by atoms with Crippen molar-refractivity contribution in [2.45, 2.75) is 11.5 Å². The Morgan fingerprint density at radius 2 is 1.68 bits per heavy atom. The maximum Gasteiger partial charge on any atom is 0.333 e. The standard InChI is InChI=1S/C21H18O4/c1-15(20(23)24-2)19(16-9-5-3-6-10-16)21(14-13-18(22)25-21)17-11-7-4-8-12-17/h3-14,19H,1H2,2H3. The molecular weight excluding hydrogens is 316 g/mol. The highest BCUT2D eigenvalue weighted by Crippen LogP contribution is 2.47. The van der Waals surface area contributed by atoms with Gasteiger partial charge in [-0.05, 0) is 11.6 Å². The van der Waals surface area contributed by atoms with Gasteiger partial charge in [-0.3, -0.25) is 0 Å². The average Bonchev–Trinajstić information content (AvgIpc) is 3.05. The van der Waals surface area contributed by atoms with E-state index < -0.39 is 23.5 Å². The molecule has 0 saturated heterocycles. The van der Waals surface area contributed by atoms with E-state index in [2.05, 4.69) is 6.58 Å². The van der Waals surface area contributed by atoms with Crippen LogP contribution < -0.4 is 0 Å². The van der Waals surface area contributed by atoms with E-state index in [-0.39, 0.29) is 5.57 Å². The van der Waals surface area contributed by atoms with Crippen molar-refractivity contribution in [2.24, 2.45) is 0 Å². The highest BCUT2D eigenvalue weighted by atomic mass is 16.6. The molecule has 2 aromatic carbocycles. The van der Waals surface area contributed by atoms with E-state index in [1.807, 2.05) is 60.7 Å². The predicted molar refractivity (Wildman–Crippen MR) is 93.7 cm³/mol. The van der Waals surface area contributed by atoms with Gasteiger partial charge in [-0.2, -0.15) is 0 Å². The zero-order valence-electron chi connectivity index (χ0n) is 13.8. The van der Waals surface area contributed by atoms with Crippen LogP contribution in [0.3, 0.4) is 0 Å². The lowest BCUT2D eigenvalue weighted by atomic mass is 9.73. The van der Waals surface area contributed by atoms with Gasteiger partial charge in [0.2, 0.25) is 0 Å². The minimum atomic E-state index is -1.15. The third kappa shape index (κ3) is 2.98. The first-order valence-corrected chi connectivity index (χ1v) is 7.88. The first-order chi connectivity index (χ1) is 12.1. The number of ether oxygens (including phenoxy) is 2. The van der Waals surface area contributed by atoms with Crippen molar-refractivity contribution in [1.82, 2.24) is 0 Å². The molecule has 0 radical (unpaired) electrons. The van der Waals surface area contributed by atoms with Gasteiger partial charge in [0.25, 0.3) is 0 Å². The van der Waals surface area contributed by atoms with Crippen molar-refractivity contribution < 1.29 is 19.1 Å². The van der Waals surface area contributed by atoms with Gasteiger partial charge in [-0.1, -0.05) is 67.2 Å². The molecule has 1 aliphatic rings. The quantitative estimate of drug-likeness (QED) is 0.620. The van der Waals surface area contributed by atoms with Crippen molar-refractivity contribution in [1.29, 1.82) is 0 Å². The van der Waals surface area contributed by atoms with E-state index in [9.17, 15) is 9.59 Å². The molecule has 0 fully saturated rings. The zero-order chi connectivity index (χ0) is 17.9. The van der Waals surface area contributed by atoms with Crippen LogP contribution >= 0.6 is 0 Å². The molecule has 0 N–H and O–H groups in total. The van der Waals surface area contributed by atoms with Gasteiger partial charge in [0.1, 0.15) is 0 Å². The molecule has 0 aliphatic carbocycles. The van der Waals surface area contributed by atoms with E-state index in [1.165, 1.54) is 13.2 Å². The summed E-state index contributed by atoms with van der Waals surface area (Å²) in [6.07, 6.45) is 3.07. The van der Waals surface area contributed by atoms with E-state index in [0.29, 0.717) is 0 Å². The van der Waals surface area contributed by atoms with Gasteiger partial charge in [-0.15, -0.1) is 0 Å². The second kappa shape index (κ2) is 6.77. The zero-order valence-corrected chi connectivity index (χ0v) is 13.8. The molecule has 1 heterocycles. The molecular formula is C21H18O4. The van der Waals surface area contributed by atoms with Crippen molar-refractivity contribution in [3.8, 4) is 0 Å². The van der Waals surface area contributed by atoms with Gasteiger partial charge in [0.05, 0.1) is 13.0 Å². The first kappa shape index (κ1) is 16.7. The van der Waals surface area contributed by atoms with Crippen LogP contribution in [0, 0.1) is 0 Å². The molecule has 2 atom stereocenters. The fourth-order valence-corrected chi connectivity index (χ4v) is 3.20. The van der Waals surface area contributed by atoms with Crippen molar-refractivity contribution in [2.75, 3.05) is 7.11 Å². The van der Waals surface area contributed by atoms with Crippen LogP contribution in [-0.2, 0) is 24.7 Å². The summed E-state index contributed by atoms with van der Waals surface area (Å²) < 4.78 is 10.6. The van der Waals surface area contributed by atoms with Crippen LogP contribution in [0.5, 0.6) is 0 Å². The summed E-state index contributed by atoms with van der Waals surface area (Å²) in [7, 11) is 1.31. The summed E-state index contributed by atoms with van der Waals surface area (Å²) in [5.74, 6) is -1.60. The number of rotatable bonds is 5. The molecule has 2 aromatic rings. The first-order valence-electron chi connectivity index (χ1n) is 7.88. The lowest BCUT2D eigenvalue weighted by molar-refractivity contribution is -0.149. The molecule has 0 amide bonds. The molecule has 25 heavy (non-hydrogen) atoms. The fraction of sp³-hybridized carbons (Fsp3) is 0.143. The highest BCUT2D eigenvalue weighted by molar-refractivity contribution is 5.91. The third-order valence-corrected chi connectivity index (χ3v) is 4.32. The normalized spacial score (nSPS) is 20.0. The number of benzene rings is 2. The SMILES string of the molecule is C=C(C(=O)OC)C(c1ccccc1)C1(c2ccccc2)C=CC(=O)O1. The Kier molecular flexibility index (Phi) is 4.52. The highest BCUT2D eigenvalue weighted by Gasteiger charge is 2.48. The third-order valence-electron chi connectivity index (χ3n) is 4.32. The molecule has 0 bridgehead atoms. The Labute approximate surface area is 146 Å². The van der Waals surface area contributed by atoms with Gasteiger partial charge in [0.15, 0.2) is 5.60 Å². The van der Waals surface area contributed by atoms with Gasteiger partial charge >= 0.3 is 11.9 Å². The molecule has 0 saturated carbocycles. The Balaban J connectivity index is 2.21. The molecule has 1 aliphatic heterocycles. The predicted octanol–water partition coefficient (Wildman–Crippen LogP) is 3.51. The van der Waals surface area contributed by atoms with E-state index in [4.69, 9.17) is 9.47 Å². The molecule has 4 nitrogen and oxygen atoms in total. The monoisotopic (exact) mass is 334 g/mol. The minimum Gasteiger partial charge on any atom is -0.466 e. The lowest BCUT2D eigenvalue weighted by Crippen LogP contribution is -2.36. The number of cyclic esters (lactones) is 1. The second-order valence-corrected chi connectivity index (χ2v) is 5.77. The summed E-state index contributed by atoms with van der Waals surface area (Å²) >= 11 is 0. The Morgan fingerprint density at radius 1 is 1.08 bits per heavy atom. The molecule has 2 unspecified atom stereocenters. The summed E-state index contributed by atoms with van der Waals surface area (Å²) in [4.78, 5) is 24.2. The average molecular weight is 334 g/mol. The minimum absolute atomic E-state index is 0.219. The van der Waals surface area contributed by atoms with E-state index in [1.54, 1.807) is 6.08 Å². The van der Waals surface area contributed by atoms with E-state index in [0.717, 1.165) is 11.1 Å². The number of carbonyl (C=O) groups excluding carboxylic acids is 2. The van der Waals surface area contributed by atoms with Crippen LogP contribution in [0.2, 0.25) is 0 Å². The number of hydrogen-bond donors (Lipinski definition) is 0. The maximum absolute atomic E-state index is 12.3. The smallest absolute Gasteiger partial charge is 0.333 e. The largest absolute Gasteiger partial charge is 0.466 e. The van der Waals surface area contributed by atoms with Gasteiger partial charge in [-0.25, -0.2) is 9.59 Å². The van der Waals surface area contributed by atoms with Crippen LogP contribution in [0.4, 0.5) is 0 Å². The Bertz CT molecular complexity index is 823.